The Morgan fingerprint density at radius 1 is 0.784 bits per heavy atom. The average molecular weight is 514 g/mol. The lowest BCUT2D eigenvalue weighted by atomic mass is 9.79. The van der Waals surface area contributed by atoms with Crippen LogP contribution >= 0.6 is 0 Å². The number of aliphatic imine (C=N–C) groups is 1. The Hall–Kier alpha value is -2.33. The molecule has 1 aromatic rings. The molecule has 1 amide bonds. The Balaban J connectivity index is 1.58. The molecule has 37 heavy (non-hydrogen) atoms. The second-order valence-corrected chi connectivity index (χ2v) is 13.9. The van der Waals surface area contributed by atoms with Crippen molar-refractivity contribution in [1.29, 1.82) is 0 Å². The van der Waals surface area contributed by atoms with Gasteiger partial charge in [0.2, 0.25) is 11.9 Å². The SMILES string of the molecule is CC1(C)CC(Nc2nc(/N=C/C(=O)N3CCCC3)nc(NC3CC(C)(C)NC(C)(C)C3)n2)CC(C)(C)N1. The Morgan fingerprint density at radius 2 is 1.19 bits per heavy atom. The summed E-state index contributed by atoms with van der Waals surface area (Å²) < 4.78 is 0. The number of rotatable bonds is 6. The van der Waals surface area contributed by atoms with E-state index in [-0.39, 0.29) is 46.1 Å². The summed E-state index contributed by atoms with van der Waals surface area (Å²) >= 11 is 0. The molecule has 4 heterocycles. The zero-order valence-corrected chi connectivity index (χ0v) is 24.0. The van der Waals surface area contributed by atoms with Crippen LogP contribution in [-0.2, 0) is 4.79 Å². The molecular weight excluding hydrogens is 466 g/mol. The monoisotopic (exact) mass is 513 g/mol. The second-order valence-electron chi connectivity index (χ2n) is 13.9. The highest BCUT2D eigenvalue weighted by atomic mass is 16.2. The number of likely N-dealkylation sites (tertiary alicyclic amines) is 1. The summed E-state index contributed by atoms with van der Waals surface area (Å²) in [7, 11) is 0. The Bertz CT molecular complexity index is 921. The molecule has 3 aliphatic heterocycles. The number of anilines is 2. The molecule has 0 saturated carbocycles. The van der Waals surface area contributed by atoms with Crippen molar-refractivity contribution in [1.82, 2.24) is 30.5 Å². The van der Waals surface area contributed by atoms with Gasteiger partial charge in [0.15, 0.2) is 0 Å². The summed E-state index contributed by atoms with van der Waals surface area (Å²) in [6.07, 6.45) is 7.18. The van der Waals surface area contributed by atoms with Gasteiger partial charge in [0, 0.05) is 47.3 Å². The van der Waals surface area contributed by atoms with E-state index in [1.807, 2.05) is 4.90 Å². The summed E-state index contributed by atoms with van der Waals surface area (Å²) in [5.74, 6) is 1.13. The standard InChI is InChI=1S/C27H47N9O/c1-24(2)13-18(14-25(3,4)34-24)29-22-31-21(28-17-20(37)36-11-9-10-12-36)32-23(33-22)30-19-15-26(5,6)35-27(7,8)16-19/h17-19,34-35H,9-16H2,1-8H3,(H2,29,30,31,32,33)/b28-17+. The van der Waals surface area contributed by atoms with E-state index in [1.54, 1.807) is 0 Å². The van der Waals surface area contributed by atoms with Crippen molar-refractivity contribution in [3.05, 3.63) is 0 Å². The Kier molecular flexibility index (Phi) is 7.56. The fourth-order valence-electron chi connectivity index (χ4n) is 6.90. The maximum absolute atomic E-state index is 12.6. The van der Waals surface area contributed by atoms with Crippen LogP contribution in [0.1, 0.15) is 93.9 Å². The van der Waals surface area contributed by atoms with Crippen LogP contribution < -0.4 is 21.3 Å². The maximum atomic E-state index is 12.6. The lowest BCUT2D eigenvalue weighted by molar-refractivity contribution is -0.122. The largest absolute Gasteiger partial charge is 0.351 e. The molecular formula is C27H47N9O. The molecule has 0 spiro atoms. The van der Waals surface area contributed by atoms with Crippen molar-refractivity contribution in [3.63, 3.8) is 0 Å². The number of piperidine rings is 2. The van der Waals surface area contributed by atoms with Crippen LogP contribution in [-0.4, -0.2) is 79.3 Å². The number of nitrogens with one attached hydrogen (secondary N) is 4. The van der Waals surface area contributed by atoms with Gasteiger partial charge in [0.1, 0.15) is 0 Å². The summed E-state index contributed by atoms with van der Waals surface area (Å²) in [6, 6.07) is 0.391. The van der Waals surface area contributed by atoms with Gasteiger partial charge in [-0.15, -0.1) is 0 Å². The summed E-state index contributed by atoms with van der Waals surface area (Å²) in [4.78, 5) is 32.7. The Labute approximate surface area is 222 Å². The van der Waals surface area contributed by atoms with Gasteiger partial charge in [0.05, 0.1) is 6.21 Å². The molecule has 4 rings (SSSR count). The predicted molar refractivity (Wildman–Crippen MR) is 150 cm³/mol. The smallest absolute Gasteiger partial charge is 0.265 e. The molecule has 0 aliphatic carbocycles. The highest BCUT2D eigenvalue weighted by Gasteiger charge is 2.39. The van der Waals surface area contributed by atoms with E-state index >= 15 is 0 Å². The van der Waals surface area contributed by atoms with Crippen LogP contribution in [0.4, 0.5) is 17.8 Å². The molecule has 0 radical (unpaired) electrons. The number of carbonyl (C=O) groups excluding carboxylic acids is 1. The summed E-state index contributed by atoms with van der Waals surface area (Å²) in [5.41, 5.74) is -0.0440. The molecule has 10 heteroatoms. The van der Waals surface area contributed by atoms with Gasteiger partial charge in [-0.25, -0.2) is 4.99 Å². The topological polar surface area (TPSA) is 119 Å². The highest BCUT2D eigenvalue weighted by Crippen LogP contribution is 2.32. The molecule has 3 aliphatic rings. The van der Waals surface area contributed by atoms with E-state index < -0.39 is 0 Å². The molecule has 1 aromatic heterocycles. The molecule has 206 valence electrons. The molecule has 0 unspecified atom stereocenters. The van der Waals surface area contributed by atoms with Crippen molar-refractivity contribution in [2.75, 3.05) is 23.7 Å². The molecule has 0 bridgehead atoms. The van der Waals surface area contributed by atoms with Crippen molar-refractivity contribution < 1.29 is 4.79 Å². The fraction of sp³-hybridized carbons (Fsp3) is 0.815. The summed E-state index contributed by atoms with van der Waals surface area (Å²) in [5, 5.41) is 14.6. The third-order valence-electron chi connectivity index (χ3n) is 7.38. The first kappa shape index (κ1) is 27.7. The van der Waals surface area contributed by atoms with E-state index in [0.717, 1.165) is 51.6 Å². The fourth-order valence-corrected chi connectivity index (χ4v) is 6.90. The number of amides is 1. The van der Waals surface area contributed by atoms with Crippen molar-refractivity contribution >= 4 is 30.0 Å². The van der Waals surface area contributed by atoms with Crippen LogP contribution in [0.5, 0.6) is 0 Å². The maximum Gasteiger partial charge on any atom is 0.265 e. The van der Waals surface area contributed by atoms with Crippen LogP contribution in [0.15, 0.2) is 4.99 Å². The van der Waals surface area contributed by atoms with Crippen molar-refractivity contribution in [3.8, 4) is 0 Å². The normalized spacial score (nSPS) is 25.4. The highest BCUT2D eigenvalue weighted by molar-refractivity contribution is 6.26. The number of nitrogens with zero attached hydrogens (tertiary/aromatic N) is 5. The van der Waals surface area contributed by atoms with Gasteiger partial charge in [-0.2, -0.15) is 15.0 Å². The number of hydrogen-bond acceptors (Lipinski definition) is 9. The second kappa shape index (κ2) is 10.1. The predicted octanol–water partition coefficient (Wildman–Crippen LogP) is 3.64. The van der Waals surface area contributed by atoms with Gasteiger partial charge in [-0.05, 0) is 93.9 Å². The van der Waals surface area contributed by atoms with Crippen molar-refractivity contribution in [2.24, 2.45) is 4.99 Å². The zero-order chi connectivity index (χ0) is 27.1. The number of hydrogen-bond donors (Lipinski definition) is 4. The van der Waals surface area contributed by atoms with E-state index in [2.05, 4.69) is 91.6 Å². The average Bonchev–Trinajstić information content (AvgIpc) is 3.22. The van der Waals surface area contributed by atoms with Crippen LogP contribution in [0.25, 0.3) is 0 Å². The van der Waals surface area contributed by atoms with Crippen LogP contribution in [0.3, 0.4) is 0 Å². The molecule has 0 atom stereocenters. The van der Waals surface area contributed by atoms with Crippen LogP contribution in [0.2, 0.25) is 0 Å². The lowest BCUT2D eigenvalue weighted by Crippen LogP contribution is -2.60. The minimum atomic E-state index is -0.0920. The van der Waals surface area contributed by atoms with Crippen molar-refractivity contribution in [2.45, 2.75) is 128 Å². The van der Waals surface area contributed by atoms with Gasteiger partial charge in [-0.1, -0.05) is 0 Å². The van der Waals surface area contributed by atoms with Crippen LogP contribution in [0, 0.1) is 0 Å². The van der Waals surface area contributed by atoms with E-state index in [9.17, 15) is 4.79 Å². The zero-order valence-electron chi connectivity index (χ0n) is 24.0. The first-order chi connectivity index (χ1) is 17.1. The van der Waals surface area contributed by atoms with E-state index in [1.165, 1.54) is 6.21 Å². The van der Waals surface area contributed by atoms with Gasteiger partial charge >= 0.3 is 0 Å². The van der Waals surface area contributed by atoms with E-state index in [0.29, 0.717) is 11.9 Å². The molecule has 3 fully saturated rings. The molecule has 0 aromatic carbocycles. The minimum Gasteiger partial charge on any atom is -0.351 e. The molecule has 10 nitrogen and oxygen atoms in total. The lowest BCUT2D eigenvalue weighted by Gasteiger charge is -2.46. The third-order valence-corrected chi connectivity index (χ3v) is 7.38. The molecule has 4 N–H and O–H groups in total. The first-order valence-corrected chi connectivity index (χ1v) is 13.8. The van der Waals surface area contributed by atoms with Gasteiger partial charge in [0.25, 0.3) is 11.9 Å². The third kappa shape index (κ3) is 7.83. The van der Waals surface area contributed by atoms with E-state index in [4.69, 9.17) is 4.98 Å². The Morgan fingerprint density at radius 3 is 1.59 bits per heavy atom. The first-order valence-electron chi connectivity index (χ1n) is 13.8. The van der Waals surface area contributed by atoms with Gasteiger partial charge in [-0.3, -0.25) is 4.79 Å². The number of carbonyl (C=O) groups is 1. The minimum absolute atomic E-state index is 0.0110. The number of aromatic nitrogens is 3. The summed E-state index contributed by atoms with van der Waals surface area (Å²) in [6.45, 7) is 19.4. The quantitative estimate of drug-likeness (QED) is 0.426. The molecule has 3 saturated heterocycles. The van der Waals surface area contributed by atoms with Gasteiger partial charge < -0.3 is 26.2 Å².